The Kier molecular flexibility index (Phi) is 4.57. The Bertz CT molecular complexity index is 574. The number of hydrogen-bond donors (Lipinski definition) is 1. The first-order valence-corrected chi connectivity index (χ1v) is 8.30. The molecule has 1 aromatic carbocycles. The first-order valence-electron chi connectivity index (χ1n) is 7.15. The summed E-state index contributed by atoms with van der Waals surface area (Å²) in [7, 11) is 2.10. The third-order valence-corrected chi connectivity index (χ3v) is 4.79. The quantitative estimate of drug-likeness (QED) is 0.932. The Balaban J connectivity index is 1.69. The summed E-state index contributed by atoms with van der Waals surface area (Å²) < 4.78 is 5.38. The van der Waals surface area contributed by atoms with Gasteiger partial charge in [-0.1, -0.05) is 35.5 Å². The van der Waals surface area contributed by atoms with Gasteiger partial charge in [0, 0.05) is 18.1 Å². The van der Waals surface area contributed by atoms with E-state index in [1.165, 1.54) is 5.56 Å². The fourth-order valence-electron chi connectivity index (χ4n) is 2.45. The number of nitrogens with two attached hydrogens (primary N) is 1. The van der Waals surface area contributed by atoms with E-state index < -0.39 is 0 Å². The first kappa shape index (κ1) is 14.6. The maximum absolute atomic E-state index is 6.19. The van der Waals surface area contributed by atoms with E-state index in [0.717, 1.165) is 23.9 Å². The minimum Gasteiger partial charge on any atom is -0.338 e. The van der Waals surface area contributed by atoms with Gasteiger partial charge in [0.25, 0.3) is 0 Å². The highest BCUT2D eigenvalue weighted by Gasteiger charge is 2.26. The van der Waals surface area contributed by atoms with Crippen LogP contribution >= 0.6 is 11.8 Å². The van der Waals surface area contributed by atoms with Gasteiger partial charge in [-0.05, 0) is 19.0 Å². The molecule has 0 bridgehead atoms. The SMILES string of the molecule is CN1CCSCC1c1noc([C@H](N)Cc2ccccc2)n1. The Labute approximate surface area is 128 Å². The van der Waals surface area contributed by atoms with Gasteiger partial charge in [0.1, 0.15) is 0 Å². The molecule has 5 nitrogen and oxygen atoms in total. The highest BCUT2D eigenvalue weighted by Crippen LogP contribution is 2.27. The van der Waals surface area contributed by atoms with E-state index in [0.29, 0.717) is 12.3 Å². The zero-order valence-electron chi connectivity index (χ0n) is 12.1. The van der Waals surface area contributed by atoms with Gasteiger partial charge >= 0.3 is 0 Å². The van der Waals surface area contributed by atoms with E-state index in [9.17, 15) is 0 Å². The van der Waals surface area contributed by atoms with Gasteiger partial charge in [0.2, 0.25) is 5.89 Å². The van der Waals surface area contributed by atoms with Crippen molar-refractivity contribution in [1.29, 1.82) is 0 Å². The molecule has 1 unspecified atom stereocenters. The fraction of sp³-hybridized carbons (Fsp3) is 0.467. The van der Waals surface area contributed by atoms with Gasteiger partial charge in [-0.3, -0.25) is 4.90 Å². The molecule has 0 saturated carbocycles. The van der Waals surface area contributed by atoms with Crippen molar-refractivity contribution in [2.24, 2.45) is 5.73 Å². The lowest BCUT2D eigenvalue weighted by Gasteiger charge is -2.29. The monoisotopic (exact) mass is 304 g/mol. The molecule has 2 atom stereocenters. The van der Waals surface area contributed by atoms with Gasteiger partial charge in [-0.15, -0.1) is 0 Å². The molecule has 0 amide bonds. The summed E-state index contributed by atoms with van der Waals surface area (Å²) in [4.78, 5) is 6.79. The average molecular weight is 304 g/mol. The summed E-state index contributed by atoms with van der Waals surface area (Å²) in [5.74, 6) is 3.44. The second-order valence-electron chi connectivity index (χ2n) is 5.36. The molecule has 1 aromatic heterocycles. The summed E-state index contributed by atoms with van der Waals surface area (Å²) in [5.41, 5.74) is 7.37. The zero-order valence-corrected chi connectivity index (χ0v) is 12.9. The average Bonchev–Trinajstić information content (AvgIpc) is 2.98. The lowest BCUT2D eigenvalue weighted by molar-refractivity contribution is 0.256. The van der Waals surface area contributed by atoms with Crippen LogP contribution in [0.2, 0.25) is 0 Å². The summed E-state index contributed by atoms with van der Waals surface area (Å²) >= 11 is 1.93. The van der Waals surface area contributed by atoms with E-state index in [2.05, 4.69) is 34.2 Å². The number of benzene rings is 1. The molecule has 0 spiro atoms. The van der Waals surface area contributed by atoms with Crippen LogP contribution in [0.25, 0.3) is 0 Å². The molecule has 2 aromatic rings. The molecule has 2 N–H and O–H groups in total. The van der Waals surface area contributed by atoms with Crippen LogP contribution < -0.4 is 5.73 Å². The number of aromatic nitrogens is 2. The summed E-state index contributed by atoms with van der Waals surface area (Å²) in [6.07, 6.45) is 0.706. The summed E-state index contributed by atoms with van der Waals surface area (Å²) in [6, 6.07) is 10.1. The topological polar surface area (TPSA) is 68.2 Å². The van der Waals surface area contributed by atoms with Crippen LogP contribution in [0.4, 0.5) is 0 Å². The smallest absolute Gasteiger partial charge is 0.243 e. The van der Waals surface area contributed by atoms with E-state index >= 15 is 0 Å². The highest BCUT2D eigenvalue weighted by atomic mass is 32.2. The molecule has 112 valence electrons. The Morgan fingerprint density at radius 3 is 3.00 bits per heavy atom. The summed E-state index contributed by atoms with van der Waals surface area (Å²) in [6.45, 7) is 1.05. The van der Waals surface area contributed by atoms with Crippen molar-refractivity contribution < 1.29 is 4.52 Å². The molecular weight excluding hydrogens is 284 g/mol. The van der Waals surface area contributed by atoms with Crippen molar-refractivity contribution >= 4 is 11.8 Å². The van der Waals surface area contributed by atoms with E-state index in [4.69, 9.17) is 10.3 Å². The molecule has 3 rings (SSSR count). The molecule has 0 radical (unpaired) electrons. The minimum atomic E-state index is -0.254. The highest BCUT2D eigenvalue weighted by molar-refractivity contribution is 7.99. The van der Waals surface area contributed by atoms with Crippen molar-refractivity contribution in [2.45, 2.75) is 18.5 Å². The molecule has 1 saturated heterocycles. The number of rotatable bonds is 4. The molecule has 6 heteroatoms. The molecule has 1 aliphatic heterocycles. The maximum atomic E-state index is 6.19. The molecule has 21 heavy (non-hydrogen) atoms. The second-order valence-corrected chi connectivity index (χ2v) is 6.51. The summed E-state index contributed by atoms with van der Waals surface area (Å²) in [5, 5.41) is 4.13. The first-order chi connectivity index (χ1) is 10.2. The number of hydrogen-bond acceptors (Lipinski definition) is 6. The minimum absolute atomic E-state index is 0.227. The van der Waals surface area contributed by atoms with Crippen molar-refractivity contribution in [3.8, 4) is 0 Å². The van der Waals surface area contributed by atoms with Crippen LogP contribution in [-0.4, -0.2) is 40.1 Å². The Morgan fingerprint density at radius 2 is 2.24 bits per heavy atom. The molecular formula is C15H20N4OS. The van der Waals surface area contributed by atoms with Crippen LogP contribution in [0.5, 0.6) is 0 Å². The lowest BCUT2D eigenvalue weighted by Crippen LogP contribution is -2.33. The van der Waals surface area contributed by atoms with Crippen LogP contribution in [0, 0.1) is 0 Å². The number of nitrogens with zero attached hydrogens (tertiary/aromatic N) is 3. The van der Waals surface area contributed by atoms with Crippen molar-refractivity contribution in [2.75, 3.05) is 25.1 Å². The molecule has 2 heterocycles. The van der Waals surface area contributed by atoms with Gasteiger partial charge < -0.3 is 10.3 Å². The third kappa shape index (κ3) is 3.45. The predicted molar refractivity (Wildman–Crippen MR) is 84.1 cm³/mol. The zero-order chi connectivity index (χ0) is 14.7. The third-order valence-electron chi connectivity index (χ3n) is 3.77. The van der Waals surface area contributed by atoms with Crippen LogP contribution in [-0.2, 0) is 6.42 Å². The van der Waals surface area contributed by atoms with E-state index in [-0.39, 0.29) is 12.1 Å². The van der Waals surface area contributed by atoms with Gasteiger partial charge in [-0.25, -0.2) is 0 Å². The maximum Gasteiger partial charge on any atom is 0.243 e. The normalized spacial score (nSPS) is 21.3. The van der Waals surface area contributed by atoms with E-state index in [1.807, 2.05) is 30.0 Å². The lowest BCUT2D eigenvalue weighted by atomic mass is 10.1. The molecule has 0 aliphatic carbocycles. The van der Waals surface area contributed by atoms with Crippen LogP contribution in [0.15, 0.2) is 34.9 Å². The van der Waals surface area contributed by atoms with Crippen molar-refractivity contribution in [3.63, 3.8) is 0 Å². The van der Waals surface area contributed by atoms with Gasteiger partial charge in [-0.2, -0.15) is 16.7 Å². The van der Waals surface area contributed by atoms with Gasteiger partial charge in [0.15, 0.2) is 5.82 Å². The fourth-order valence-corrected chi connectivity index (χ4v) is 3.66. The number of thioether (sulfide) groups is 1. The van der Waals surface area contributed by atoms with Crippen molar-refractivity contribution in [3.05, 3.63) is 47.6 Å². The van der Waals surface area contributed by atoms with Crippen LogP contribution in [0.1, 0.15) is 29.4 Å². The Hall–Kier alpha value is -1.37. The predicted octanol–water partition coefficient (Wildman–Crippen LogP) is 2.03. The van der Waals surface area contributed by atoms with E-state index in [1.54, 1.807) is 0 Å². The van der Waals surface area contributed by atoms with Crippen molar-refractivity contribution in [1.82, 2.24) is 15.0 Å². The standard InChI is InChI=1S/C15H20N4OS/c1-19-7-8-21-10-13(19)14-17-15(20-18-14)12(16)9-11-5-3-2-4-6-11/h2-6,12-13H,7-10,16H2,1H3/t12-,13?/m1/s1. The largest absolute Gasteiger partial charge is 0.338 e. The Morgan fingerprint density at radius 1 is 1.43 bits per heavy atom. The second kappa shape index (κ2) is 6.60. The molecule has 1 aliphatic rings. The molecule has 1 fully saturated rings. The van der Waals surface area contributed by atoms with Crippen LogP contribution in [0.3, 0.4) is 0 Å². The van der Waals surface area contributed by atoms with Gasteiger partial charge in [0.05, 0.1) is 12.1 Å².